The molecule has 0 bridgehead atoms. The first kappa shape index (κ1) is 20.1. The van der Waals surface area contributed by atoms with E-state index in [1.165, 1.54) is 0 Å². The third-order valence-corrected chi connectivity index (χ3v) is 6.56. The molecular weight excluding hydrogens is 429 g/mol. The topological polar surface area (TPSA) is 62.5 Å². The maximum atomic E-state index is 12.6. The number of carbonyl (C=O) groups is 1. The Hall–Kier alpha value is -2.84. The Kier molecular flexibility index (Phi) is 5.42. The van der Waals surface area contributed by atoms with Gasteiger partial charge in [0.2, 0.25) is 0 Å². The van der Waals surface area contributed by atoms with E-state index >= 15 is 0 Å². The molecule has 4 aromatic rings. The van der Waals surface area contributed by atoms with Gasteiger partial charge >= 0.3 is 0 Å². The van der Waals surface area contributed by atoms with Crippen molar-refractivity contribution in [1.29, 1.82) is 0 Å². The standard InChI is InChI=1S/C22H19BClN5OS/c23-17-12-25-29-20(11-19(27-21(17)29)16-3-1-2-4-18(16)24)26-15-5-8-28(9-6-15)22(30)14-7-10-31-13-14/h1-4,7,10-13,15,26H,5-6,8-9H2. The van der Waals surface area contributed by atoms with E-state index in [-0.39, 0.29) is 11.9 Å². The fourth-order valence-electron chi connectivity index (χ4n) is 3.89. The van der Waals surface area contributed by atoms with Gasteiger partial charge in [-0.15, -0.1) is 0 Å². The zero-order valence-corrected chi connectivity index (χ0v) is 18.2. The first-order valence-corrected chi connectivity index (χ1v) is 11.4. The summed E-state index contributed by atoms with van der Waals surface area (Å²) < 4.78 is 1.72. The SMILES string of the molecule is [B]c1cnn2c(NC3CCN(C(=O)c4ccsc4)CC3)cc(-c3ccccc3Cl)nc12. The number of hydrogen-bond acceptors (Lipinski definition) is 5. The van der Waals surface area contributed by atoms with Crippen LogP contribution in [0.1, 0.15) is 23.2 Å². The summed E-state index contributed by atoms with van der Waals surface area (Å²) in [6, 6.07) is 11.6. The fraction of sp³-hybridized carbons (Fsp3) is 0.227. The van der Waals surface area contributed by atoms with E-state index in [0.29, 0.717) is 29.2 Å². The molecule has 31 heavy (non-hydrogen) atoms. The molecule has 0 spiro atoms. The smallest absolute Gasteiger partial charge is 0.254 e. The molecule has 1 fully saturated rings. The van der Waals surface area contributed by atoms with Gasteiger partial charge in [-0.3, -0.25) is 4.79 Å². The predicted octanol–water partition coefficient (Wildman–Crippen LogP) is 3.62. The molecule has 0 aliphatic carbocycles. The molecule has 1 amide bonds. The number of nitrogens with one attached hydrogen (secondary N) is 1. The molecule has 154 valence electrons. The lowest BCUT2D eigenvalue weighted by molar-refractivity contribution is 0.0719. The van der Waals surface area contributed by atoms with Crippen molar-refractivity contribution in [1.82, 2.24) is 19.5 Å². The number of halogens is 1. The van der Waals surface area contributed by atoms with Crippen LogP contribution in [-0.4, -0.2) is 52.4 Å². The number of likely N-dealkylation sites (tertiary alicyclic amines) is 1. The van der Waals surface area contributed by atoms with Crippen LogP contribution in [0.25, 0.3) is 16.9 Å². The predicted molar refractivity (Wildman–Crippen MR) is 126 cm³/mol. The normalized spacial score (nSPS) is 14.8. The number of carbonyl (C=O) groups excluding carboxylic acids is 1. The van der Waals surface area contributed by atoms with Crippen molar-refractivity contribution in [2.75, 3.05) is 18.4 Å². The van der Waals surface area contributed by atoms with Gasteiger partial charge in [-0.25, -0.2) is 4.98 Å². The zero-order valence-electron chi connectivity index (χ0n) is 16.7. The number of nitrogens with zero attached hydrogens (tertiary/aromatic N) is 4. The van der Waals surface area contributed by atoms with Crippen molar-refractivity contribution in [3.63, 3.8) is 0 Å². The van der Waals surface area contributed by atoms with Gasteiger partial charge < -0.3 is 10.2 Å². The molecule has 1 aromatic carbocycles. The van der Waals surface area contributed by atoms with E-state index in [0.717, 1.165) is 35.5 Å². The van der Waals surface area contributed by atoms with Gasteiger partial charge in [0.15, 0.2) is 5.65 Å². The number of rotatable bonds is 4. The largest absolute Gasteiger partial charge is 0.367 e. The molecule has 9 heteroatoms. The molecule has 1 aliphatic rings. The first-order chi connectivity index (χ1) is 15.1. The molecule has 1 N–H and O–H groups in total. The van der Waals surface area contributed by atoms with Crippen molar-refractivity contribution in [2.24, 2.45) is 0 Å². The minimum absolute atomic E-state index is 0.104. The lowest BCUT2D eigenvalue weighted by Crippen LogP contribution is -2.42. The van der Waals surface area contributed by atoms with E-state index in [1.807, 2.05) is 52.1 Å². The van der Waals surface area contributed by atoms with Crippen LogP contribution in [-0.2, 0) is 0 Å². The monoisotopic (exact) mass is 447 g/mol. The highest BCUT2D eigenvalue weighted by molar-refractivity contribution is 7.08. The van der Waals surface area contributed by atoms with E-state index in [9.17, 15) is 4.79 Å². The molecule has 0 saturated carbocycles. The zero-order chi connectivity index (χ0) is 21.4. The summed E-state index contributed by atoms with van der Waals surface area (Å²) in [4.78, 5) is 19.2. The Balaban J connectivity index is 1.38. The summed E-state index contributed by atoms with van der Waals surface area (Å²) in [5, 5.41) is 12.4. The lowest BCUT2D eigenvalue weighted by atomic mass is 10.0. The van der Waals surface area contributed by atoms with Crippen LogP contribution in [0.3, 0.4) is 0 Å². The van der Waals surface area contributed by atoms with E-state index in [2.05, 4.69) is 15.4 Å². The number of thiophene rings is 1. The second-order valence-electron chi connectivity index (χ2n) is 7.56. The van der Waals surface area contributed by atoms with Crippen molar-refractivity contribution in [3.8, 4) is 11.3 Å². The quantitative estimate of drug-likeness (QED) is 0.485. The number of amides is 1. The van der Waals surface area contributed by atoms with Crippen LogP contribution < -0.4 is 10.8 Å². The van der Waals surface area contributed by atoms with Gasteiger partial charge in [0.25, 0.3) is 5.91 Å². The highest BCUT2D eigenvalue weighted by atomic mass is 35.5. The molecular formula is C22H19BClN5OS. The fourth-order valence-corrected chi connectivity index (χ4v) is 4.76. The minimum Gasteiger partial charge on any atom is -0.367 e. The average molecular weight is 448 g/mol. The van der Waals surface area contributed by atoms with Gasteiger partial charge in [0.1, 0.15) is 13.7 Å². The molecule has 4 heterocycles. The summed E-state index contributed by atoms with van der Waals surface area (Å²) in [6.45, 7) is 1.42. The highest BCUT2D eigenvalue weighted by Gasteiger charge is 2.24. The van der Waals surface area contributed by atoms with Gasteiger partial charge in [-0.2, -0.15) is 21.0 Å². The Labute approximate surface area is 190 Å². The van der Waals surface area contributed by atoms with Crippen LogP contribution in [0, 0.1) is 0 Å². The van der Waals surface area contributed by atoms with E-state index in [1.54, 1.807) is 22.0 Å². The molecule has 1 aliphatic heterocycles. The molecule has 5 rings (SSSR count). The number of piperidine rings is 1. The Morgan fingerprint density at radius 3 is 2.77 bits per heavy atom. The molecule has 3 aromatic heterocycles. The number of aromatic nitrogens is 3. The first-order valence-electron chi connectivity index (χ1n) is 10.1. The lowest BCUT2D eigenvalue weighted by Gasteiger charge is -2.32. The van der Waals surface area contributed by atoms with Gasteiger partial charge in [-0.05, 0) is 35.8 Å². The Morgan fingerprint density at radius 1 is 1.23 bits per heavy atom. The van der Waals surface area contributed by atoms with Crippen LogP contribution >= 0.6 is 22.9 Å². The summed E-state index contributed by atoms with van der Waals surface area (Å²) in [7, 11) is 6.11. The summed E-state index contributed by atoms with van der Waals surface area (Å²) in [6.07, 6.45) is 3.29. The maximum absolute atomic E-state index is 12.6. The number of benzene rings is 1. The van der Waals surface area contributed by atoms with Crippen molar-refractivity contribution in [3.05, 3.63) is 63.9 Å². The van der Waals surface area contributed by atoms with Crippen LogP contribution in [0.2, 0.25) is 5.02 Å². The third-order valence-electron chi connectivity index (χ3n) is 5.55. The molecule has 6 nitrogen and oxygen atoms in total. The van der Waals surface area contributed by atoms with E-state index in [4.69, 9.17) is 19.4 Å². The second-order valence-corrected chi connectivity index (χ2v) is 8.75. The average Bonchev–Trinajstić information content (AvgIpc) is 3.45. The summed E-state index contributed by atoms with van der Waals surface area (Å²) in [5.74, 6) is 0.908. The van der Waals surface area contributed by atoms with Gasteiger partial charge in [0, 0.05) is 47.4 Å². The highest BCUT2D eigenvalue weighted by Crippen LogP contribution is 2.29. The Bertz CT molecular complexity index is 1230. The van der Waals surface area contributed by atoms with Crippen molar-refractivity contribution < 1.29 is 4.79 Å². The van der Waals surface area contributed by atoms with Crippen molar-refractivity contribution >= 4 is 53.6 Å². The number of anilines is 1. The van der Waals surface area contributed by atoms with Gasteiger partial charge in [0.05, 0.1) is 11.3 Å². The molecule has 2 radical (unpaired) electrons. The Morgan fingerprint density at radius 2 is 2.03 bits per heavy atom. The van der Waals surface area contributed by atoms with Crippen LogP contribution in [0.15, 0.2) is 53.4 Å². The molecule has 1 saturated heterocycles. The van der Waals surface area contributed by atoms with Gasteiger partial charge in [-0.1, -0.05) is 29.8 Å². The maximum Gasteiger partial charge on any atom is 0.254 e. The van der Waals surface area contributed by atoms with Crippen LogP contribution in [0.4, 0.5) is 5.82 Å². The summed E-state index contributed by atoms with van der Waals surface area (Å²) >= 11 is 7.95. The van der Waals surface area contributed by atoms with Crippen molar-refractivity contribution in [2.45, 2.75) is 18.9 Å². The number of hydrogen-bond donors (Lipinski definition) is 1. The second kappa shape index (κ2) is 8.36. The summed E-state index contributed by atoms with van der Waals surface area (Å²) in [5.41, 5.74) is 3.44. The molecule has 0 atom stereocenters. The minimum atomic E-state index is 0.104. The number of fused-ring (bicyclic) bond motifs is 1. The van der Waals surface area contributed by atoms with Crippen LogP contribution in [0.5, 0.6) is 0 Å². The third kappa shape index (κ3) is 3.93. The van der Waals surface area contributed by atoms with E-state index < -0.39 is 0 Å². The molecule has 0 unspecified atom stereocenters.